The SMILES string of the molecule is COc1ccc(NC(=O)c2ccc(CN(c3cc(C)ccc3C)S(C)(=O)=O)cc2)cc1. The molecule has 162 valence electrons. The summed E-state index contributed by atoms with van der Waals surface area (Å²) in [6.07, 6.45) is 1.20. The number of methoxy groups -OCH3 is 1. The predicted molar refractivity (Wildman–Crippen MR) is 124 cm³/mol. The molecule has 3 aromatic carbocycles. The van der Waals surface area contributed by atoms with Crippen LogP contribution in [0.3, 0.4) is 0 Å². The van der Waals surface area contributed by atoms with Crippen LogP contribution in [-0.4, -0.2) is 27.7 Å². The second-order valence-corrected chi connectivity index (χ2v) is 9.35. The van der Waals surface area contributed by atoms with E-state index in [2.05, 4.69) is 5.32 Å². The molecule has 0 aliphatic heterocycles. The number of anilines is 2. The zero-order valence-corrected chi connectivity index (χ0v) is 18.9. The monoisotopic (exact) mass is 438 g/mol. The number of hydrogen-bond donors (Lipinski definition) is 1. The summed E-state index contributed by atoms with van der Waals surface area (Å²) in [5.74, 6) is 0.466. The first-order valence-corrected chi connectivity index (χ1v) is 11.6. The maximum Gasteiger partial charge on any atom is 0.255 e. The van der Waals surface area contributed by atoms with E-state index >= 15 is 0 Å². The molecule has 31 heavy (non-hydrogen) atoms. The molecular formula is C24H26N2O4S. The van der Waals surface area contributed by atoms with E-state index in [0.29, 0.717) is 22.7 Å². The van der Waals surface area contributed by atoms with Gasteiger partial charge in [-0.05, 0) is 73.0 Å². The minimum absolute atomic E-state index is 0.184. The quantitative estimate of drug-likeness (QED) is 0.588. The first-order valence-electron chi connectivity index (χ1n) is 9.76. The number of rotatable bonds is 7. The van der Waals surface area contributed by atoms with Crippen LogP contribution in [0.15, 0.2) is 66.7 Å². The lowest BCUT2D eigenvalue weighted by Gasteiger charge is -2.25. The van der Waals surface area contributed by atoms with E-state index < -0.39 is 10.0 Å². The van der Waals surface area contributed by atoms with Crippen molar-refractivity contribution in [1.82, 2.24) is 0 Å². The number of hydrogen-bond acceptors (Lipinski definition) is 4. The average molecular weight is 439 g/mol. The third kappa shape index (κ3) is 5.64. The van der Waals surface area contributed by atoms with Crippen molar-refractivity contribution < 1.29 is 17.9 Å². The van der Waals surface area contributed by atoms with E-state index in [9.17, 15) is 13.2 Å². The van der Waals surface area contributed by atoms with Crippen LogP contribution < -0.4 is 14.4 Å². The Labute approximate surface area is 183 Å². The highest BCUT2D eigenvalue weighted by Gasteiger charge is 2.20. The molecule has 0 atom stereocenters. The van der Waals surface area contributed by atoms with Gasteiger partial charge in [-0.1, -0.05) is 24.3 Å². The molecule has 6 nitrogen and oxygen atoms in total. The van der Waals surface area contributed by atoms with E-state index in [4.69, 9.17) is 4.74 Å². The molecular weight excluding hydrogens is 412 g/mol. The minimum atomic E-state index is -3.48. The Balaban J connectivity index is 1.77. The van der Waals surface area contributed by atoms with Crippen LogP contribution in [0.1, 0.15) is 27.0 Å². The zero-order chi connectivity index (χ0) is 22.6. The van der Waals surface area contributed by atoms with Gasteiger partial charge in [-0.25, -0.2) is 8.42 Å². The summed E-state index contributed by atoms with van der Waals surface area (Å²) in [6, 6.07) is 19.7. The van der Waals surface area contributed by atoms with Crippen LogP contribution in [0, 0.1) is 13.8 Å². The molecule has 0 aliphatic carbocycles. The first kappa shape index (κ1) is 22.4. The highest BCUT2D eigenvalue weighted by Crippen LogP contribution is 2.26. The van der Waals surface area contributed by atoms with E-state index in [1.54, 1.807) is 55.6 Å². The lowest BCUT2D eigenvalue weighted by Crippen LogP contribution is -2.30. The summed E-state index contributed by atoms with van der Waals surface area (Å²) in [4.78, 5) is 12.5. The zero-order valence-electron chi connectivity index (χ0n) is 18.0. The van der Waals surface area contributed by atoms with Gasteiger partial charge in [0, 0.05) is 11.3 Å². The Bertz CT molecular complexity index is 1170. The lowest BCUT2D eigenvalue weighted by atomic mass is 10.1. The number of ether oxygens (including phenoxy) is 1. The van der Waals surface area contributed by atoms with Crippen molar-refractivity contribution in [3.63, 3.8) is 0 Å². The van der Waals surface area contributed by atoms with E-state index in [0.717, 1.165) is 16.7 Å². The Morgan fingerprint density at radius 2 is 1.61 bits per heavy atom. The number of nitrogens with one attached hydrogen (secondary N) is 1. The lowest BCUT2D eigenvalue weighted by molar-refractivity contribution is 0.102. The van der Waals surface area contributed by atoms with E-state index in [1.165, 1.54) is 10.6 Å². The molecule has 0 saturated carbocycles. The summed E-state index contributed by atoms with van der Waals surface area (Å²) in [6.45, 7) is 4.00. The average Bonchev–Trinajstić information content (AvgIpc) is 2.74. The molecule has 0 fully saturated rings. The molecule has 0 radical (unpaired) electrons. The van der Waals surface area contributed by atoms with Crippen molar-refractivity contribution in [2.45, 2.75) is 20.4 Å². The maximum atomic E-state index is 12.5. The first-order chi connectivity index (χ1) is 14.7. The van der Waals surface area contributed by atoms with Crippen LogP contribution in [0.5, 0.6) is 5.75 Å². The number of carbonyl (C=O) groups is 1. The van der Waals surface area contributed by atoms with Crippen LogP contribution in [0.4, 0.5) is 11.4 Å². The molecule has 0 spiro atoms. The molecule has 0 aromatic heterocycles. The van der Waals surface area contributed by atoms with Crippen molar-refractivity contribution in [2.24, 2.45) is 0 Å². The van der Waals surface area contributed by atoms with Gasteiger partial charge in [0.1, 0.15) is 5.75 Å². The summed E-state index contributed by atoms with van der Waals surface area (Å²) < 4.78 is 31.5. The van der Waals surface area contributed by atoms with Gasteiger partial charge in [0.15, 0.2) is 0 Å². The van der Waals surface area contributed by atoms with Gasteiger partial charge in [0.2, 0.25) is 10.0 Å². The van der Waals surface area contributed by atoms with Gasteiger partial charge in [-0.15, -0.1) is 0 Å². The van der Waals surface area contributed by atoms with Gasteiger partial charge in [-0.3, -0.25) is 9.10 Å². The Morgan fingerprint density at radius 1 is 0.968 bits per heavy atom. The maximum absolute atomic E-state index is 12.5. The predicted octanol–water partition coefficient (Wildman–Crippen LogP) is 4.53. The highest BCUT2D eigenvalue weighted by atomic mass is 32.2. The Kier molecular flexibility index (Phi) is 6.65. The fourth-order valence-corrected chi connectivity index (χ4v) is 4.11. The smallest absolute Gasteiger partial charge is 0.255 e. The van der Waals surface area contributed by atoms with Gasteiger partial charge in [0.25, 0.3) is 5.91 Å². The van der Waals surface area contributed by atoms with Crippen molar-refractivity contribution in [1.29, 1.82) is 0 Å². The number of aryl methyl sites for hydroxylation is 2. The summed E-state index contributed by atoms with van der Waals surface area (Å²) >= 11 is 0. The molecule has 0 bridgehead atoms. The van der Waals surface area contributed by atoms with Crippen molar-refractivity contribution in [2.75, 3.05) is 23.0 Å². The summed E-state index contributed by atoms with van der Waals surface area (Å²) in [5, 5.41) is 2.83. The Hall–Kier alpha value is -3.32. The highest BCUT2D eigenvalue weighted by molar-refractivity contribution is 7.92. The molecule has 0 saturated heterocycles. The minimum Gasteiger partial charge on any atom is -0.497 e. The fourth-order valence-electron chi connectivity index (χ4n) is 3.17. The van der Waals surface area contributed by atoms with Crippen LogP contribution in [-0.2, 0) is 16.6 Å². The number of amides is 1. The van der Waals surface area contributed by atoms with E-state index in [-0.39, 0.29) is 12.5 Å². The van der Waals surface area contributed by atoms with Gasteiger partial charge in [-0.2, -0.15) is 0 Å². The van der Waals surface area contributed by atoms with Crippen molar-refractivity contribution in [3.8, 4) is 5.75 Å². The second kappa shape index (κ2) is 9.22. The normalized spacial score (nSPS) is 11.1. The molecule has 7 heteroatoms. The van der Waals surface area contributed by atoms with Gasteiger partial charge < -0.3 is 10.1 Å². The fraction of sp³-hybridized carbons (Fsp3) is 0.208. The molecule has 0 aliphatic rings. The third-order valence-electron chi connectivity index (χ3n) is 4.92. The van der Waals surface area contributed by atoms with Gasteiger partial charge >= 0.3 is 0 Å². The molecule has 1 amide bonds. The van der Waals surface area contributed by atoms with Crippen LogP contribution in [0.2, 0.25) is 0 Å². The molecule has 0 heterocycles. The topological polar surface area (TPSA) is 75.7 Å². The molecule has 1 N–H and O–H groups in total. The molecule has 3 aromatic rings. The van der Waals surface area contributed by atoms with Crippen molar-refractivity contribution in [3.05, 3.63) is 89.0 Å². The number of nitrogens with zero attached hydrogens (tertiary/aromatic N) is 1. The summed E-state index contributed by atoms with van der Waals surface area (Å²) in [7, 11) is -1.90. The standard InChI is InChI=1S/C24H26N2O4S/c1-17-5-6-18(2)23(15-17)26(31(4,28)29)16-19-7-9-20(10-8-19)24(27)25-21-11-13-22(30-3)14-12-21/h5-15H,16H2,1-4H3,(H,25,27). The van der Waals surface area contributed by atoms with Crippen LogP contribution in [0.25, 0.3) is 0 Å². The van der Waals surface area contributed by atoms with Gasteiger partial charge in [0.05, 0.1) is 25.6 Å². The van der Waals surface area contributed by atoms with Crippen LogP contribution >= 0.6 is 0 Å². The molecule has 3 rings (SSSR count). The molecule has 0 unspecified atom stereocenters. The number of carbonyl (C=O) groups excluding carboxylic acids is 1. The third-order valence-corrected chi connectivity index (χ3v) is 6.05. The summed E-state index contributed by atoms with van der Waals surface area (Å²) in [5.41, 5.74) is 4.45. The number of sulfonamides is 1. The Morgan fingerprint density at radius 3 is 2.19 bits per heavy atom. The largest absolute Gasteiger partial charge is 0.497 e. The second-order valence-electron chi connectivity index (χ2n) is 7.44. The van der Waals surface area contributed by atoms with E-state index in [1.807, 2.05) is 32.0 Å². The number of benzene rings is 3. The van der Waals surface area contributed by atoms with Crippen molar-refractivity contribution >= 4 is 27.3 Å².